The molecule has 0 aliphatic rings. The number of rotatable bonds is 4. The predicted octanol–water partition coefficient (Wildman–Crippen LogP) is 3.76. The van der Waals surface area contributed by atoms with E-state index in [-0.39, 0.29) is 5.95 Å². The molecule has 0 radical (unpaired) electrons. The van der Waals surface area contributed by atoms with Gasteiger partial charge in [-0.2, -0.15) is 0 Å². The fourth-order valence-corrected chi connectivity index (χ4v) is 1.47. The van der Waals surface area contributed by atoms with Gasteiger partial charge in [-0.3, -0.25) is 0 Å². The van der Waals surface area contributed by atoms with E-state index in [1.54, 1.807) is 6.08 Å². The standard InChI is InChI=1S/C15H14O2/c16-15(11-13-7-3-1-4-8-13)17-12-14-9-5-2-6-10-14/h1-11,16H,12H2/b15-11+. The van der Waals surface area contributed by atoms with Gasteiger partial charge in [0.2, 0.25) is 0 Å². The first kappa shape index (κ1) is 11.3. The van der Waals surface area contributed by atoms with Crippen LogP contribution in [0.2, 0.25) is 0 Å². The quantitative estimate of drug-likeness (QED) is 0.804. The molecule has 0 aromatic heterocycles. The third-order valence-corrected chi connectivity index (χ3v) is 2.32. The van der Waals surface area contributed by atoms with E-state index in [9.17, 15) is 5.11 Å². The summed E-state index contributed by atoms with van der Waals surface area (Å²) in [7, 11) is 0. The number of ether oxygens (including phenoxy) is 1. The van der Waals surface area contributed by atoms with Gasteiger partial charge >= 0.3 is 0 Å². The van der Waals surface area contributed by atoms with Gasteiger partial charge in [0.1, 0.15) is 6.61 Å². The zero-order chi connectivity index (χ0) is 11.9. The molecular weight excluding hydrogens is 212 g/mol. The van der Waals surface area contributed by atoms with Crippen molar-refractivity contribution in [3.05, 3.63) is 77.7 Å². The Morgan fingerprint density at radius 2 is 1.53 bits per heavy atom. The second kappa shape index (κ2) is 5.75. The highest BCUT2D eigenvalue weighted by molar-refractivity contribution is 5.49. The molecule has 86 valence electrons. The minimum absolute atomic E-state index is 0.0694. The lowest BCUT2D eigenvalue weighted by Crippen LogP contribution is -1.92. The van der Waals surface area contributed by atoms with Crippen LogP contribution in [0, 0.1) is 0 Å². The third kappa shape index (κ3) is 3.68. The van der Waals surface area contributed by atoms with Crippen LogP contribution in [0.4, 0.5) is 0 Å². The lowest BCUT2D eigenvalue weighted by molar-refractivity contribution is 0.0871. The molecule has 0 saturated heterocycles. The lowest BCUT2D eigenvalue weighted by atomic mass is 10.2. The predicted molar refractivity (Wildman–Crippen MR) is 68.3 cm³/mol. The van der Waals surface area contributed by atoms with Crippen LogP contribution in [-0.2, 0) is 11.3 Å². The van der Waals surface area contributed by atoms with Crippen molar-refractivity contribution in [2.45, 2.75) is 6.61 Å². The molecule has 2 nitrogen and oxygen atoms in total. The van der Waals surface area contributed by atoms with Crippen molar-refractivity contribution in [1.82, 2.24) is 0 Å². The van der Waals surface area contributed by atoms with E-state index in [0.717, 1.165) is 11.1 Å². The van der Waals surface area contributed by atoms with Crippen molar-refractivity contribution < 1.29 is 9.84 Å². The number of benzene rings is 2. The smallest absolute Gasteiger partial charge is 0.277 e. The Labute approximate surface area is 101 Å². The van der Waals surface area contributed by atoms with Gasteiger partial charge in [0.15, 0.2) is 0 Å². The highest BCUT2D eigenvalue weighted by Crippen LogP contribution is 2.08. The Morgan fingerprint density at radius 3 is 2.18 bits per heavy atom. The second-order valence-corrected chi connectivity index (χ2v) is 3.67. The summed E-state index contributed by atoms with van der Waals surface area (Å²) in [4.78, 5) is 0. The summed E-state index contributed by atoms with van der Waals surface area (Å²) in [5.41, 5.74) is 1.94. The van der Waals surface area contributed by atoms with Gasteiger partial charge in [-0.25, -0.2) is 0 Å². The van der Waals surface area contributed by atoms with Crippen LogP contribution >= 0.6 is 0 Å². The summed E-state index contributed by atoms with van der Waals surface area (Å²) < 4.78 is 5.25. The van der Waals surface area contributed by atoms with Crippen molar-refractivity contribution in [2.24, 2.45) is 0 Å². The summed E-state index contributed by atoms with van der Waals surface area (Å²) in [6, 6.07) is 19.3. The summed E-state index contributed by atoms with van der Waals surface area (Å²) in [5.74, 6) is -0.0694. The minimum Gasteiger partial charge on any atom is -0.481 e. The van der Waals surface area contributed by atoms with E-state index in [2.05, 4.69) is 0 Å². The Hall–Kier alpha value is -2.22. The molecule has 2 heteroatoms. The molecule has 2 aromatic rings. The van der Waals surface area contributed by atoms with Gasteiger partial charge in [0.05, 0.1) is 0 Å². The van der Waals surface area contributed by atoms with Gasteiger partial charge in [0.25, 0.3) is 5.95 Å². The molecule has 2 rings (SSSR count). The maximum Gasteiger partial charge on any atom is 0.277 e. The normalized spacial score (nSPS) is 11.2. The first-order valence-electron chi connectivity index (χ1n) is 5.47. The molecule has 0 saturated carbocycles. The molecular formula is C15H14O2. The topological polar surface area (TPSA) is 29.5 Å². The first-order chi connectivity index (χ1) is 8.34. The molecule has 0 unspecified atom stereocenters. The molecule has 0 amide bonds. The molecule has 2 aromatic carbocycles. The molecule has 0 aliphatic carbocycles. The van der Waals surface area contributed by atoms with Crippen LogP contribution in [0.1, 0.15) is 11.1 Å². The van der Waals surface area contributed by atoms with Gasteiger partial charge in [0, 0.05) is 6.08 Å². The molecule has 0 aliphatic heterocycles. The van der Waals surface area contributed by atoms with Crippen LogP contribution < -0.4 is 0 Å². The van der Waals surface area contributed by atoms with Gasteiger partial charge in [-0.15, -0.1) is 0 Å². The Morgan fingerprint density at radius 1 is 0.941 bits per heavy atom. The van der Waals surface area contributed by atoms with E-state index in [1.165, 1.54) is 0 Å². The van der Waals surface area contributed by atoms with Gasteiger partial charge < -0.3 is 9.84 Å². The second-order valence-electron chi connectivity index (χ2n) is 3.67. The maximum absolute atomic E-state index is 9.60. The average molecular weight is 226 g/mol. The molecule has 0 atom stereocenters. The molecule has 1 N–H and O–H groups in total. The number of aliphatic hydroxyl groups excluding tert-OH is 1. The largest absolute Gasteiger partial charge is 0.481 e. The van der Waals surface area contributed by atoms with Crippen molar-refractivity contribution in [3.63, 3.8) is 0 Å². The fraction of sp³-hybridized carbons (Fsp3) is 0.0667. The summed E-state index contributed by atoms with van der Waals surface area (Å²) in [6.45, 7) is 0.371. The first-order valence-corrected chi connectivity index (χ1v) is 5.47. The van der Waals surface area contributed by atoms with Crippen molar-refractivity contribution in [2.75, 3.05) is 0 Å². The Kier molecular flexibility index (Phi) is 3.81. The van der Waals surface area contributed by atoms with Crippen molar-refractivity contribution >= 4 is 6.08 Å². The Balaban J connectivity index is 1.94. The zero-order valence-electron chi connectivity index (χ0n) is 9.41. The van der Waals surface area contributed by atoms with Crippen LogP contribution in [0.25, 0.3) is 6.08 Å². The van der Waals surface area contributed by atoms with Crippen LogP contribution in [0.3, 0.4) is 0 Å². The fourth-order valence-electron chi connectivity index (χ4n) is 1.47. The van der Waals surface area contributed by atoms with Crippen molar-refractivity contribution in [3.8, 4) is 0 Å². The lowest BCUT2D eigenvalue weighted by Gasteiger charge is -2.04. The van der Waals surface area contributed by atoms with Crippen LogP contribution in [0.5, 0.6) is 0 Å². The maximum atomic E-state index is 9.60. The third-order valence-electron chi connectivity index (χ3n) is 2.32. The van der Waals surface area contributed by atoms with Gasteiger partial charge in [-0.1, -0.05) is 60.7 Å². The van der Waals surface area contributed by atoms with E-state index in [4.69, 9.17) is 4.74 Å². The zero-order valence-corrected chi connectivity index (χ0v) is 9.41. The SMILES string of the molecule is O/C(=C\c1ccccc1)OCc1ccccc1. The number of hydrogen-bond acceptors (Lipinski definition) is 2. The molecule has 0 heterocycles. The van der Waals surface area contributed by atoms with Gasteiger partial charge in [-0.05, 0) is 11.1 Å². The van der Waals surface area contributed by atoms with E-state index >= 15 is 0 Å². The van der Waals surface area contributed by atoms with E-state index in [1.807, 2.05) is 60.7 Å². The Bertz CT molecular complexity index is 475. The average Bonchev–Trinajstić information content (AvgIpc) is 2.39. The molecule has 0 spiro atoms. The van der Waals surface area contributed by atoms with Crippen LogP contribution in [0.15, 0.2) is 66.6 Å². The highest BCUT2D eigenvalue weighted by atomic mass is 16.6. The number of hydrogen-bond donors (Lipinski definition) is 1. The molecule has 17 heavy (non-hydrogen) atoms. The summed E-state index contributed by atoms with van der Waals surface area (Å²) >= 11 is 0. The van der Waals surface area contributed by atoms with Crippen LogP contribution in [-0.4, -0.2) is 5.11 Å². The van der Waals surface area contributed by atoms with E-state index < -0.39 is 0 Å². The monoisotopic (exact) mass is 226 g/mol. The minimum atomic E-state index is -0.0694. The summed E-state index contributed by atoms with van der Waals surface area (Å²) in [6.07, 6.45) is 1.60. The van der Waals surface area contributed by atoms with E-state index in [0.29, 0.717) is 6.61 Å². The summed E-state index contributed by atoms with van der Waals surface area (Å²) in [5, 5.41) is 9.60. The van der Waals surface area contributed by atoms with Crippen molar-refractivity contribution in [1.29, 1.82) is 0 Å². The number of aliphatic hydroxyl groups is 1. The highest BCUT2D eigenvalue weighted by Gasteiger charge is 1.96. The molecule has 0 bridgehead atoms. The molecule has 0 fully saturated rings.